The van der Waals surface area contributed by atoms with Crippen molar-refractivity contribution < 1.29 is 9.90 Å². The van der Waals surface area contributed by atoms with E-state index in [2.05, 4.69) is 6.58 Å². The molecule has 13 heavy (non-hydrogen) atoms. The highest BCUT2D eigenvalue weighted by Gasteiger charge is 2.09. The van der Waals surface area contributed by atoms with Crippen molar-refractivity contribution in [2.24, 2.45) is 5.92 Å². The van der Waals surface area contributed by atoms with Crippen molar-refractivity contribution in [1.82, 2.24) is 0 Å². The molecule has 0 saturated heterocycles. The maximum atomic E-state index is 10.6. The van der Waals surface area contributed by atoms with E-state index in [0.29, 0.717) is 6.42 Å². The minimum atomic E-state index is -0.734. The minimum absolute atomic E-state index is 0.316. The average Bonchev–Trinajstić information content (AvgIpc) is 2.10. The van der Waals surface area contributed by atoms with E-state index in [9.17, 15) is 4.79 Å². The Morgan fingerprint density at radius 3 is 2.69 bits per heavy atom. The van der Waals surface area contributed by atoms with Gasteiger partial charge in [0.05, 0.1) is 5.92 Å². The summed E-state index contributed by atoms with van der Waals surface area (Å²) in [7, 11) is 0. The highest BCUT2D eigenvalue weighted by atomic mass is 16.4. The lowest BCUT2D eigenvalue weighted by Gasteiger charge is -2.01. The van der Waals surface area contributed by atoms with Gasteiger partial charge in [0, 0.05) is 0 Å². The fraction of sp³-hybridized carbons (Fsp3) is 0.545. The summed E-state index contributed by atoms with van der Waals surface area (Å²) in [5.74, 6) is -1.05. The standard InChI is InChI=1S/C11H18O2/c1-3-5-6-7-8-9-10(4-2)11(12)13/h3,8-10H,1,4-7H2,2H3,(H,12,13). The molecule has 0 fully saturated rings. The predicted octanol–water partition coefficient (Wildman–Crippen LogP) is 3.01. The predicted molar refractivity (Wildman–Crippen MR) is 54.6 cm³/mol. The zero-order valence-electron chi connectivity index (χ0n) is 8.20. The lowest BCUT2D eigenvalue weighted by atomic mass is 10.1. The van der Waals surface area contributed by atoms with Crippen LogP contribution in [0, 0.1) is 5.92 Å². The molecule has 0 bridgehead atoms. The molecule has 2 heteroatoms. The number of carboxylic acid groups (broad SMARTS) is 1. The molecule has 0 amide bonds. The van der Waals surface area contributed by atoms with Crippen LogP contribution < -0.4 is 0 Å². The number of aliphatic carboxylic acids is 1. The summed E-state index contributed by atoms with van der Waals surface area (Å²) in [6, 6.07) is 0. The molecule has 1 N–H and O–H groups in total. The molecule has 2 nitrogen and oxygen atoms in total. The Bertz CT molecular complexity index is 183. The molecule has 0 aliphatic rings. The van der Waals surface area contributed by atoms with Gasteiger partial charge in [-0.05, 0) is 25.7 Å². The van der Waals surface area contributed by atoms with Gasteiger partial charge >= 0.3 is 5.97 Å². The number of hydrogen-bond acceptors (Lipinski definition) is 1. The van der Waals surface area contributed by atoms with Crippen LogP contribution in [0.15, 0.2) is 24.8 Å². The SMILES string of the molecule is C=CCCCC=CC(CC)C(=O)O. The summed E-state index contributed by atoms with van der Waals surface area (Å²) >= 11 is 0. The van der Waals surface area contributed by atoms with Gasteiger partial charge in [-0.2, -0.15) is 0 Å². The Labute approximate surface area is 80.0 Å². The normalized spacial score (nSPS) is 13.0. The molecule has 1 atom stereocenters. The van der Waals surface area contributed by atoms with Crippen LogP contribution in [0.2, 0.25) is 0 Å². The average molecular weight is 182 g/mol. The first-order valence-corrected chi connectivity index (χ1v) is 4.72. The van der Waals surface area contributed by atoms with Gasteiger partial charge in [-0.1, -0.05) is 25.2 Å². The zero-order chi connectivity index (χ0) is 10.1. The zero-order valence-corrected chi connectivity index (χ0v) is 8.20. The van der Waals surface area contributed by atoms with Crippen molar-refractivity contribution in [3.8, 4) is 0 Å². The molecule has 0 aromatic rings. The first kappa shape index (κ1) is 11.9. The Morgan fingerprint density at radius 2 is 2.23 bits per heavy atom. The van der Waals surface area contributed by atoms with E-state index in [0.717, 1.165) is 19.3 Å². The molecule has 0 saturated carbocycles. The fourth-order valence-corrected chi connectivity index (χ4v) is 1.03. The van der Waals surface area contributed by atoms with Crippen molar-refractivity contribution in [2.45, 2.75) is 32.6 Å². The molecular formula is C11H18O2. The Hall–Kier alpha value is -1.05. The number of carboxylic acids is 1. The summed E-state index contributed by atoms with van der Waals surface area (Å²) in [5, 5.41) is 8.71. The number of unbranched alkanes of at least 4 members (excludes halogenated alkanes) is 2. The number of hydrogen-bond donors (Lipinski definition) is 1. The van der Waals surface area contributed by atoms with Crippen LogP contribution in [0.25, 0.3) is 0 Å². The van der Waals surface area contributed by atoms with Crippen molar-refractivity contribution in [3.05, 3.63) is 24.8 Å². The number of carbonyl (C=O) groups is 1. The van der Waals surface area contributed by atoms with Crippen molar-refractivity contribution in [2.75, 3.05) is 0 Å². The first-order chi connectivity index (χ1) is 6.22. The molecule has 0 heterocycles. The Morgan fingerprint density at radius 1 is 1.54 bits per heavy atom. The molecular weight excluding hydrogens is 164 g/mol. The molecule has 0 rings (SSSR count). The summed E-state index contributed by atoms with van der Waals surface area (Å²) < 4.78 is 0. The largest absolute Gasteiger partial charge is 0.481 e. The van der Waals surface area contributed by atoms with Crippen LogP contribution in [-0.2, 0) is 4.79 Å². The Balaban J connectivity index is 3.67. The van der Waals surface area contributed by atoms with Crippen LogP contribution in [0.3, 0.4) is 0 Å². The van der Waals surface area contributed by atoms with E-state index in [1.807, 2.05) is 19.1 Å². The van der Waals surface area contributed by atoms with Crippen LogP contribution in [0.5, 0.6) is 0 Å². The van der Waals surface area contributed by atoms with Gasteiger partial charge in [0.2, 0.25) is 0 Å². The molecule has 0 aliphatic heterocycles. The highest BCUT2D eigenvalue weighted by molar-refractivity contribution is 5.71. The van der Waals surface area contributed by atoms with Crippen LogP contribution in [-0.4, -0.2) is 11.1 Å². The third-order valence-electron chi connectivity index (χ3n) is 1.90. The molecule has 0 aromatic heterocycles. The second-order valence-electron chi connectivity index (χ2n) is 3.00. The van der Waals surface area contributed by atoms with E-state index >= 15 is 0 Å². The smallest absolute Gasteiger partial charge is 0.310 e. The lowest BCUT2D eigenvalue weighted by Crippen LogP contribution is -2.08. The number of allylic oxidation sites excluding steroid dienone is 2. The van der Waals surface area contributed by atoms with Gasteiger partial charge in [0.25, 0.3) is 0 Å². The van der Waals surface area contributed by atoms with Gasteiger partial charge < -0.3 is 5.11 Å². The maximum absolute atomic E-state index is 10.6. The first-order valence-electron chi connectivity index (χ1n) is 4.72. The van der Waals surface area contributed by atoms with E-state index < -0.39 is 5.97 Å². The quantitative estimate of drug-likeness (QED) is 0.485. The molecule has 0 aliphatic carbocycles. The molecule has 0 aromatic carbocycles. The van der Waals surface area contributed by atoms with Crippen molar-refractivity contribution >= 4 is 5.97 Å². The van der Waals surface area contributed by atoms with Crippen molar-refractivity contribution in [1.29, 1.82) is 0 Å². The van der Waals surface area contributed by atoms with Gasteiger partial charge in [-0.25, -0.2) is 0 Å². The molecule has 0 radical (unpaired) electrons. The highest BCUT2D eigenvalue weighted by Crippen LogP contribution is 2.06. The van der Waals surface area contributed by atoms with Gasteiger partial charge in [-0.15, -0.1) is 6.58 Å². The molecule has 0 spiro atoms. The molecule has 1 unspecified atom stereocenters. The summed E-state index contributed by atoms with van der Waals surface area (Å²) in [4.78, 5) is 10.6. The van der Waals surface area contributed by atoms with Crippen LogP contribution in [0.1, 0.15) is 32.6 Å². The van der Waals surface area contributed by atoms with Gasteiger partial charge in [0.1, 0.15) is 0 Å². The van der Waals surface area contributed by atoms with E-state index in [1.54, 1.807) is 6.08 Å². The second-order valence-corrected chi connectivity index (χ2v) is 3.00. The van der Waals surface area contributed by atoms with E-state index in [4.69, 9.17) is 5.11 Å². The topological polar surface area (TPSA) is 37.3 Å². The van der Waals surface area contributed by atoms with Gasteiger partial charge in [-0.3, -0.25) is 4.79 Å². The third-order valence-corrected chi connectivity index (χ3v) is 1.90. The van der Waals surface area contributed by atoms with Crippen LogP contribution in [0.4, 0.5) is 0 Å². The maximum Gasteiger partial charge on any atom is 0.310 e. The monoisotopic (exact) mass is 182 g/mol. The summed E-state index contributed by atoms with van der Waals surface area (Å²) in [6.07, 6.45) is 9.26. The minimum Gasteiger partial charge on any atom is -0.481 e. The summed E-state index contributed by atoms with van der Waals surface area (Å²) in [5.41, 5.74) is 0. The third kappa shape index (κ3) is 6.14. The lowest BCUT2D eigenvalue weighted by molar-refractivity contribution is -0.140. The van der Waals surface area contributed by atoms with Crippen molar-refractivity contribution in [3.63, 3.8) is 0 Å². The van der Waals surface area contributed by atoms with Gasteiger partial charge in [0.15, 0.2) is 0 Å². The summed E-state index contributed by atoms with van der Waals surface area (Å²) in [6.45, 7) is 5.50. The Kier molecular flexibility index (Phi) is 6.98. The second kappa shape index (κ2) is 7.59. The fourth-order valence-electron chi connectivity index (χ4n) is 1.03. The molecule has 74 valence electrons. The van der Waals surface area contributed by atoms with E-state index in [-0.39, 0.29) is 5.92 Å². The van der Waals surface area contributed by atoms with Crippen LogP contribution >= 0.6 is 0 Å². The number of rotatable bonds is 7. The van der Waals surface area contributed by atoms with E-state index in [1.165, 1.54) is 0 Å².